The molecular weight excluding hydrogens is 322 g/mol. The third kappa shape index (κ3) is 7.20. The van der Waals surface area contributed by atoms with Gasteiger partial charge in [-0.3, -0.25) is 25.7 Å². The molecule has 8 heteroatoms. The third-order valence-electron chi connectivity index (χ3n) is 4.02. The lowest BCUT2D eigenvalue weighted by Gasteiger charge is -2.26. The molecule has 3 atom stereocenters. The molecule has 1 rings (SSSR count). The minimum atomic E-state index is -0.175. The Labute approximate surface area is 147 Å². The summed E-state index contributed by atoms with van der Waals surface area (Å²) in [6, 6.07) is 9.41. The minimum absolute atomic E-state index is 0.000134. The maximum atomic E-state index is 10.6. The van der Waals surface area contributed by atoms with Crippen molar-refractivity contribution in [3.05, 3.63) is 29.8 Å². The van der Waals surface area contributed by atoms with Crippen LogP contribution in [-0.2, 0) is 9.59 Å². The smallest absolute Gasteiger partial charge is 0.221 e. The highest BCUT2D eigenvalue weighted by Crippen LogP contribution is 2.31. The summed E-state index contributed by atoms with van der Waals surface area (Å²) in [5.74, 6) is -0.175. The van der Waals surface area contributed by atoms with Crippen LogP contribution in [0.5, 0.6) is 0 Å². The van der Waals surface area contributed by atoms with E-state index >= 15 is 0 Å². The Bertz CT molecular complexity index is 576. The number of hydrogen-bond acceptors (Lipinski definition) is 6. The van der Waals surface area contributed by atoms with Crippen molar-refractivity contribution in [1.29, 1.82) is 5.26 Å². The molecule has 0 fully saturated rings. The zero-order chi connectivity index (χ0) is 18.5. The first-order chi connectivity index (χ1) is 12.2. The highest BCUT2D eigenvalue weighted by molar-refractivity contribution is 5.51. The second kappa shape index (κ2) is 11.8. The number of carbonyl (C=O) groups is 2. The van der Waals surface area contributed by atoms with Crippen molar-refractivity contribution >= 4 is 18.5 Å². The Morgan fingerprint density at radius 1 is 1.24 bits per heavy atom. The molecule has 0 bridgehead atoms. The van der Waals surface area contributed by atoms with E-state index in [-0.39, 0.29) is 17.9 Å². The predicted octanol–water partition coefficient (Wildman–Crippen LogP) is 1.27. The van der Waals surface area contributed by atoms with Crippen LogP contribution in [0, 0.1) is 17.2 Å². The third-order valence-corrected chi connectivity index (χ3v) is 4.02. The lowest BCUT2D eigenvalue weighted by atomic mass is 9.86. The summed E-state index contributed by atoms with van der Waals surface area (Å²) in [6.45, 7) is 2.30. The summed E-state index contributed by atoms with van der Waals surface area (Å²) in [7, 11) is 0. The second-order valence-electron chi connectivity index (χ2n) is 5.86. The van der Waals surface area contributed by atoms with Crippen LogP contribution >= 0.6 is 0 Å². The zero-order valence-corrected chi connectivity index (χ0v) is 14.2. The van der Waals surface area contributed by atoms with E-state index in [0.717, 1.165) is 5.56 Å². The lowest BCUT2D eigenvalue weighted by molar-refractivity contribution is -0.111. The van der Waals surface area contributed by atoms with Crippen LogP contribution in [0.4, 0.5) is 5.69 Å². The first kappa shape index (κ1) is 20.4. The van der Waals surface area contributed by atoms with Crippen molar-refractivity contribution in [2.45, 2.75) is 38.1 Å². The lowest BCUT2D eigenvalue weighted by Crippen LogP contribution is -2.41. The van der Waals surface area contributed by atoms with Gasteiger partial charge in [0, 0.05) is 18.5 Å². The van der Waals surface area contributed by atoms with E-state index in [9.17, 15) is 14.8 Å². The van der Waals surface area contributed by atoms with Crippen LogP contribution in [0.25, 0.3) is 0 Å². The van der Waals surface area contributed by atoms with Crippen molar-refractivity contribution in [3.63, 3.8) is 0 Å². The molecule has 0 aromatic heterocycles. The van der Waals surface area contributed by atoms with Gasteiger partial charge in [-0.05, 0) is 43.7 Å². The molecule has 0 aliphatic heterocycles. The SMILES string of the molecule is CC(C#N)CC(CC(CCNC=O)c1ccccc1NO)NNC=O. The monoisotopic (exact) mass is 347 g/mol. The number of carbonyl (C=O) groups excluding carboxylic acids is 2. The van der Waals surface area contributed by atoms with Gasteiger partial charge in [0.15, 0.2) is 0 Å². The van der Waals surface area contributed by atoms with Crippen molar-refractivity contribution in [2.24, 2.45) is 5.92 Å². The van der Waals surface area contributed by atoms with Gasteiger partial charge in [0.1, 0.15) is 0 Å². The van der Waals surface area contributed by atoms with Gasteiger partial charge >= 0.3 is 0 Å². The Morgan fingerprint density at radius 2 is 2.00 bits per heavy atom. The topological polar surface area (TPSA) is 126 Å². The second-order valence-corrected chi connectivity index (χ2v) is 5.86. The van der Waals surface area contributed by atoms with Crippen molar-refractivity contribution in [1.82, 2.24) is 16.2 Å². The van der Waals surface area contributed by atoms with Crippen molar-refractivity contribution < 1.29 is 14.8 Å². The van der Waals surface area contributed by atoms with Gasteiger partial charge < -0.3 is 5.32 Å². The molecule has 2 amide bonds. The number of nitrogens with zero attached hydrogens (tertiary/aromatic N) is 1. The van der Waals surface area contributed by atoms with E-state index in [4.69, 9.17) is 5.26 Å². The molecule has 0 heterocycles. The minimum Gasteiger partial charge on any atom is -0.359 e. The molecule has 136 valence electrons. The van der Waals surface area contributed by atoms with E-state index < -0.39 is 0 Å². The average molecular weight is 347 g/mol. The molecular formula is C17H25N5O3. The number of hydrazine groups is 1. The number of nitrogens with one attached hydrogen (secondary N) is 4. The molecule has 0 spiro atoms. The summed E-state index contributed by atoms with van der Waals surface area (Å²) in [5.41, 5.74) is 9.07. The van der Waals surface area contributed by atoms with Crippen molar-refractivity contribution in [3.8, 4) is 6.07 Å². The summed E-state index contributed by atoms with van der Waals surface area (Å²) in [5, 5.41) is 21.1. The number of anilines is 1. The summed E-state index contributed by atoms with van der Waals surface area (Å²) < 4.78 is 0. The Kier molecular flexibility index (Phi) is 9.67. The van der Waals surface area contributed by atoms with E-state index in [0.29, 0.717) is 44.3 Å². The van der Waals surface area contributed by atoms with Gasteiger partial charge in [-0.2, -0.15) is 5.26 Å². The summed E-state index contributed by atoms with van der Waals surface area (Å²) >= 11 is 0. The number of para-hydroxylation sites is 1. The van der Waals surface area contributed by atoms with Crippen LogP contribution in [0.15, 0.2) is 24.3 Å². The molecule has 25 heavy (non-hydrogen) atoms. The predicted molar refractivity (Wildman–Crippen MR) is 93.4 cm³/mol. The zero-order valence-electron chi connectivity index (χ0n) is 14.2. The maximum absolute atomic E-state index is 10.6. The normalized spacial score (nSPS) is 13.8. The first-order valence-corrected chi connectivity index (χ1v) is 8.16. The molecule has 8 nitrogen and oxygen atoms in total. The summed E-state index contributed by atoms with van der Waals surface area (Å²) in [6.07, 6.45) is 3.03. The quantitative estimate of drug-likeness (QED) is 0.208. The molecule has 0 aliphatic carbocycles. The molecule has 0 radical (unpaired) electrons. The standard InChI is InChI=1S/C17H25N5O3/c1-13(10-18)8-15(21-20-12-24)9-14(6-7-19-11-23)16-4-2-3-5-17(16)22-25/h2-5,11-15,21-22,25H,6-9H2,1H3,(H,19,23)(H,20,24). The van der Waals surface area contributed by atoms with Gasteiger partial charge in [0.25, 0.3) is 0 Å². The van der Waals surface area contributed by atoms with Gasteiger partial charge in [-0.25, -0.2) is 5.43 Å². The maximum Gasteiger partial charge on any atom is 0.221 e. The molecule has 0 saturated heterocycles. The highest BCUT2D eigenvalue weighted by Gasteiger charge is 2.22. The first-order valence-electron chi connectivity index (χ1n) is 8.16. The number of hydrogen-bond donors (Lipinski definition) is 5. The van der Waals surface area contributed by atoms with Gasteiger partial charge in [-0.15, -0.1) is 0 Å². The average Bonchev–Trinajstić information content (AvgIpc) is 2.65. The molecule has 5 N–H and O–H groups in total. The number of benzene rings is 1. The van der Waals surface area contributed by atoms with Gasteiger partial charge in [-0.1, -0.05) is 18.2 Å². The van der Waals surface area contributed by atoms with E-state index in [1.54, 1.807) is 6.07 Å². The van der Waals surface area contributed by atoms with Gasteiger partial charge in [0.2, 0.25) is 12.8 Å². The number of rotatable bonds is 13. The molecule has 3 unspecified atom stereocenters. The van der Waals surface area contributed by atoms with Crippen LogP contribution in [-0.4, -0.2) is 30.6 Å². The number of amides is 2. The van der Waals surface area contributed by atoms with Crippen LogP contribution < -0.4 is 21.6 Å². The van der Waals surface area contributed by atoms with Crippen LogP contribution in [0.2, 0.25) is 0 Å². The van der Waals surface area contributed by atoms with E-state index in [1.165, 1.54) is 0 Å². The van der Waals surface area contributed by atoms with Gasteiger partial charge in [0.05, 0.1) is 11.8 Å². The molecule has 0 aliphatic rings. The fourth-order valence-electron chi connectivity index (χ4n) is 2.86. The number of nitriles is 1. The Morgan fingerprint density at radius 3 is 2.64 bits per heavy atom. The molecule has 1 aromatic rings. The molecule has 1 aromatic carbocycles. The summed E-state index contributed by atoms with van der Waals surface area (Å²) in [4.78, 5) is 21.1. The Balaban J connectivity index is 2.96. The fraction of sp³-hybridized carbons (Fsp3) is 0.471. The van der Waals surface area contributed by atoms with E-state index in [1.807, 2.05) is 25.1 Å². The molecule has 0 saturated carbocycles. The van der Waals surface area contributed by atoms with Crippen LogP contribution in [0.3, 0.4) is 0 Å². The van der Waals surface area contributed by atoms with E-state index in [2.05, 4.69) is 27.7 Å². The van der Waals surface area contributed by atoms with Crippen molar-refractivity contribution in [2.75, 3.05) is 12.0 Å². The highest BCUT2D eigenvalue weighted by atomic mass is 16.5. The largest absolute Gasteiger partial charge is 0.359 e. The van der Waals surface area contributed by atoms with Crippen LogP contribution in [0.1, 0.15) is 37.7 Å². The fourth-order valence-corrected chi connectivity index (χ4v) is 2.86. The Hall–Kier alpha value is -2.63.